The predicted octanol–water partition coefficient (Wildman–Crippen LogP) is 4.98. The van der Waals surface area contributed by atoms with Crippen molar-refractivity contribution < 1.29 is 33.0 Å². The predicted molar refractivity (Wildman–Crippen MR) is 143 cm³/mol. The fourth-order valence-corrected chi connectivity index (χ4v) is 3.75. The summed E-state index contributed by atoms with van der Waals surface area (Å²) in [7, 11) is 3.40. The van der Waals surface area contributed by atoms with Gasteiger partial charge < -0.3 is 23.8 Å². The van der Waals surface area contributed by atoms with Gasteiger partial charge in [-0.1, -0.05) is 17.3 Å². The number of methoxy groups -OCH3 is 1. The van der Waals surface area contributed by atoms with Crippen molar-refractivity contribution in [3.8, 4) is 11.5 Å². The first-order valence-corrected chi connectivity index (χ1v) is 12.8. The van der Waals surface area contributed by atoms with Gasteiger partial charge in [-0.3, -0.25) is 9.69 Å². The van der Waals surface area contributed by atoms with Gasteiger partial charge >= 0.3 is 5.97 Å². The van der Waals surface area contributed by atoms with Gasteiger partial charge in [0.05, 0.1) is 13.7 Å². The van der Waals surface area contributed by atoms with E-state index in [1.165, 1.54) is 12.1 Å². The van der Waals surface area contributed by atoms with E-state index in [1.807, 2.05) is 36.2 Å². The Morgan fingerprint density at radius 1 is 1.16 bits per heavy atom. The lowest BCUT2D eigenvalue weighted by Crippen LogP contribution is -2.28. The minimum absolute atomic E-state index is 0.228. The zero-order chi connectivity index (χ0) is 27.2. The second kappa shape index (κ2) is 15.6. The first-order valence-electron chi connectivity index (χ1n) is 12.8. The van der Waals surface area contributed by atoms with Gasteiger partial charge in [0.2, 0.25) is 0 Å². The van der Waals surface area contributed by atoms with E-state index in [1.54, 1.807) is 26.3 Å². The second-order valence-corrected chi connectivity index (χ2v) is 8.71. The molecule has 0 aliphatic carbocycles. The molecule has 2 aromatic carbocycles. The Balaban J connectivity index is 1.51. The van der Waals surface area contributed by atoms with E-state index in [-0.39, 0.29) is 18.3 Å². The number of carbonyl (C=O) groups is 1. The highest BCUT2D eigenvalue weighted by atomic mass is 19.1. The Bertz CT molecular complexity index is 1070. The molecule has 0 spiro atoms. The van der Waals surface area contributed by atoms with Gasteiger partial charge in [0.25, 0.3) is 6.02 Å². The molecule has 1 saturated heterocycles. The number of ether oxygens (including phenoxy) is 4. The summed E-state index contributed by atoms with van der Waals surface area (Å²) >= 11 is 0. The third-order valence-corrected chi connectivity index (χ3v) is 5.83. The fourth-order valence-electron chi connectivity index (χ4n) is 3.75. The smallest absolute Gasteiger partial charge is 0.305 e. The molecule has 1 aliphatic heterocycles. The molecule has 0 radical (unpaired) electrons. The average molecular weight is 530 g/mol. The van der Waals surface area contributed by atoms with Crippen molar-refractivity contribution in [3.05, 3.63) is 53.8 Å². The lowest BCUT2D eigenvalue weighted by atomic mass is 10.0. The number of halogens is 1. The number of amidine groups is 1. The van der Waals surface area contributed by atoms with Crippen LogP contribution in [-0.4, -0.2) is 58.7 Å². The third-order valence-electron chi connectivity index (χ3n) is 5.83. The van der Waals surface area contributed by atoms with Crippen LogP contribution in [0.5, 0.6) is 11.5 Å². The van der Waals surface area contributed by atoms with Crippen molar-refractivity contribution in [2.45, 2.75) is 39.2 Å². The Morgan fingerprint density at radius 3 is 2.61 bits per heavy atom. The van der Waals surface area contributed by atoms with E-state index >= 15 is 0 Å². The van der Waals surface area contributed by atoms with Crippen LogP contribution in [0.1, 0.15) is 38.2 Å². The van der Waals surface area contributed by atoms with Crippen LogP contribution in [0.15, 0.2) is 52.6 Å². The Kier molecular flexibility index (Phi) is 11.8. The van der Waals surface area contributed by atoms with Gasteiger partial charge in [0, 0.05) is 69.2 Å². The highest BCUT2D eigenvalue weighted by Crippen LogP contribution is 2.24. The molecule has 2 aromatic rings. The van der Waals surface area contributed by atoms with Gasteiger partial charge in [-0.05, 0) is 43.9 Å². The number of carbonyl (C=O) groups excluding carboxylic acids is 1. The summed E-state index contributed by atoms with van der Waals surface area (Å²) in [4.78, 5) is 23.1. The van der Waals surface area contributed by atoms with Crippen molar-refractivity contribution in [2.75, 3.05) is 45.4 Å². The van der Waals surface area contributed by atoms with Crippen LogP contribution in [0.4, 0.5) is 10.1 Å². The molecule has 0 saturated carbocycles. The molecule has 38 heavy (non-hydrogen) atoms. The van der Waals surface area contributed by atoms with Crippen LogP contribution in [0, 0.1) is 11.7 Å². The molecular weight excluding hydrogens is 493 g/mol. The lowest BCUT2D eigenvalue weighted by molar-refractivity contribution is -0.143. The fraction of sp³-hybridized carbons (Fsp3) is 0.464. The van der Waals surface area contributed by atoms with E-state index in [0.29, 0.717) is 56.9 Å². The van der Waals surface area contributed by atoms with Gasteiger partial charge in [-0.25, -0.2) is 9.38 Å². The Hall–Kier alpha value is -3.66. The summed E-state index contributed by atoms with van der Waals surface area (Å²) in [6, 6.07) is 12.3. The van der Waals surface area contributed by atoms with E-state index in [0.717, 1.165) is 24.1 Å². The molecule has 9 nitrogen and oxygen atoms in total. The number of hydrogen-bond acceptors (Lipinski definition) is 8. The van der Waals surface area contributed by atoms with E-state index in [2.05, 4.69) is 10.1 Å². The molecule has 1 aliphatic rings. The van der Waals surface area contributed by atoms with E-state index < -0.39 is 5.82 Å². The SMILES string of the molecule is CCOC(=O)CCCN=C(OC)N(C)c1ccc(COc2cc(F)cc(ON=CC3CCOCC3)c2)cc1. The van der Waals surface area contributed by atoms with Gasteiger partial charge in [-0.2, -0.15) is 0 Å². The molecule has 206 valence electrons. The summed E-state index contributed by atoms with van der Waals surface area (Å²) in [5, 5.41) is 4.00. The normalized spacial score (nSPS) is 14.4. The van der Waals surface area contributed by atoms with Crippen molar-refractivity contribution in [1.29, 1.82) is 0 Å². The molecule has 0 N–H and O–H groups in total. The number of esters is 1. The Labute approximate surface area is 223 Å². The maximum absolute atomic E-state index is 14.1. The molecule has 10 heteroatoms. The van der Waals surface area contributed by atoms with Gasteiger partial charge in [0.1, 0.15) is 18.2 Å². The van der Waals surface area contributed by atoms with Crippen LogP contribution >= 0.6 is 0 Å². The third kappa shape index (κ3) is 9.66. The maximum Gasteiger partial charge on any atom is 0.305 e. The molecule has 0 atom stereocenters. The van der Waals surface area contributed by atoms with Gasteiger partial charge in [0.15, 0.2) is 5.75 Å². The molecule has 0 unspecified atom stereocenters. The molecule has 0 bridgehead atoms. The van der Waals surface area contributed by atoms with Crippen LogP contribution in [0.3, 0.4) is 0 Å². The number of rotatable bonds is 12. The largest absolute Gasteiger partial charge is 0.489 e. The second-order valence-electron chi connectivity index (χ2n) is 8.71. The topological polar surface area (TPSA) is 91.2 Å². The molecule has 0 aromatic heterocycles. The van der Waals surface area contributed by atoms with Gasteiger partial charge in [-0.15, -0.1) is 0 Å². The standard InChI is InChI=1S/C28H36FN3O6/c1-4-36-27(33)6-5-13-30-28(34-3)32(2)24-9-7-22(8-10-24)20-37-25-16-23(29)17-26(18-25)38-31-19-21-11-14-35-15-12-21/h7-10,16-19,21H,4-6,11-15,20H2,1-3H3. The number of benzene rings is 2. The summed E-state index contributed by atoms with van der Waals surface area (Å²) < 4.78 is 35.6. The Morgan fingerprint density at radius 2 is 1.89 bits per heavy atom. The number of hydrogen-bond donors (Lipinski definition) is 0. The van der Waals surface area contributed by atoms with Crippen molar-refractivity contribution in [1.82, 2.24) is 0 Å². The highest BCUT2D eigenvalue weighted by Gasteiger charge is 2.12. The van der Waals surface area contributed by atoms with Crippen LogP contribution < -0.4 is 14.5 Å². The minimum atomic E-state index is -0.468. The number of aliphatic imine (C=N–C) groups is 1. The van der Waals surface area contributed by atoms with E-state index in [4.69, 9.17) is 23.8 Å². The zero-order valence-electron chi connectivity index (χ0n) is 22.2. The molecule has 1 heterocycles. The number of anilines is 1. The number of nitrogens with zero attached hydrogens (tertiary/aromatic N) is 3. The van der Waals surface area contributed by atoms with Crippen LogP contribution in [0.2, 0.25) is 0 Å². The first-order chi connectivity index (χ1) is 18.5. The monoisotopic (exact) mass is 529 g/mol. The highest BCUT2D eigenvalue weighted by molar-refractivity contribution is 5.91. The summed E-state index contributed by atoms with van der Waals surface area (Å²) in [6.45, 7) is 4.27. The van der Waals surface area contributed by atoms with Crippen LogP contribution in [-0.2, 0) is 25.6 Å². The number of oxime groups is 1. The molecular formula is C28H36FN3O6. The summed E-state index contributed by atoms with van der Waals surface area (Å²) in [6.07, 6.45) is 4.43. The maximum atomic E-state index is 14.1. The summed E-state index contributed by atoms with van der Waals surface area (Å²) in [5.74, 6) is 0.226. The van der Waals surface area contributed by atoms with E-state index in [9.17, 15) is 9.18 Å². The average Bonchev–Trinajstić information content (AvgIpc) is 2.92. The molecule has 1 fully saturated rings. The zero-order valence-corrected chi connectivity index (χ0v) is 22.2. The van der Waals surface area contributed by atoms with Crippen molar-refractivity contribution in [2.24, 2.45) is 16.1 Å². The minimum Gasteiger partial charge on any atom is -0.489 e. The molecule has 0 amide bonds. The van der Waals surface area contributed by atoms with Crippen LogP contribution in [0.25, 0.3) is 0 Å². The summed E-state index contributed by atoms with van der Waals surface area (Å²) in [5.41, 5.74) is 1.76. The lowest BCUT2D eigenvalue weighted by Gasteiger charge is -2.20. The first kappa shape index (κ1) is 28.9. The van der Waals surface area contributed by atoms with Crippen molar-refractivity contribution >= 4 is 23.9 Å². The quantitative estimate of drug-likeness (QED) is 0.126. The van der Waals surface area contributed by atoms with Crippen molar-refractivity contribution in [3.63, 3.8) is 0 Å². The molecule has 3 rings (SSSR count).